The zero-order valence-corrected chi connectivity index (χ0v) is 32.8. The Kier molecular flexibility index (Phi) is 9.20. The van der Waals surface area contributed by atoms with Gasteiger partial charge >= 0.3 is 0 Å². The second-order valence-electron chi connectivity index (χ2n) is 15.3. The molecule has 0 unspecified atom stereocenters. The Morgan fingerprint density at radius 3 is 2.07 bits per heavy atom. The van der Waals surface area contributed by atoms with E-state index in [0.717, 1.165) is 12.8 Å². The fourth-order valence-electron chi connectivity index (χ4n) is 9.14. The molecular weight excluding hydrogens is 673 g/mol. The molecule has 0 aromatic heterocycles. The molecule has 56 heavy (non-hydrogen) atoms. The third kappa shape index (κ3) is 6.03. The molecule has 0 amide bonds. The van der Waals surface area contributed by atoms with E-state index in [1.807, 2.05) is 24.3 Å². The molecule has 0 spiro atoms. The lowest BCUT2D eigenvalue weighted by molar-refractivity contribution is 0.985. The summed E-state index contributed by atoms with van der Waals surface area (Å²) in [5.74, 6) is 0. The van der Waals surface area contributed by atoms with Crippen LogP contribution < -0.4 is 0 Å². The quantitative estimate of drug-likeness (QED) is 0.155. The lowest BCUT2D eigenvalue weighted by Crippen LogP contribution is -2.02. The summed E-state index contributed by atoms with van der Waals surface area (Å²) in [6.07, 6.45) is 13.2. The van der Waals surface area contributed by atoms with Gasteiger partial charge in [-0.2, -0.15) is 0 Å². The molecular formula is C56H46. The third-order valence-electron chi connectivity index (χ3n) is 11.8. The summed E-state index contributed by atoms with van der Waals surface area (Å²) in [4.78, 5) is 0. The highest BCUT2D eigenvalue weighted by atomic mass is 14.3. The Morgan fingerprint density at radius 2 is 1.30 bits per heavy atom. The highest BCUT2D eigenvalue weighted by molar-refractivity contribution is 6.30. The first-order valence-electron chi connectivity index (χ1n) is 19.9. The summed E-state index contributed by atoms with van der Waals surface area (Å²) in [6, 6.07) is 51.4. The minimum absolute atomic E-state index is 1.07. The van der Waals surface area contributed by atoms with Crippen molar-refractivity contribution < 1.29 is 0 Å². The first-order chi connectivity index (χ1) is 27.4. The second-order valence-corrected chi connectivity index (χ2v) is 15.3. The van der Waals surface area contributed by atoms with Crippen molar-refractivity contribution in [3.05, 3.63) is 197 Å². The first kappa shape index (κ1) is 35.2. The van der Waals surface area contributed by atoms with E-state index in [1.54, 1.807) is 0 Å². The summed E-state index contributed by atoms with van der Waals surface area (Å²) in [7, 11) is 0. The summed E-state index contributed by atoms with van der Waals surface area (Å²) in [6.45, 7) is 13.0. The van der Waals surface area contributed by atoms with Gasteiger partial charge in [0.25, 0.3) is 0 Å². The van der Waals surface area contributed by atoms with Gasteiger partial charge in [0.05, 0.1) is 0 Å². The first-order valence-corrected chi connectivity index (χ1v) is 19.9. The van der Waals surface area contributed by atoms with Crippen LogP contribution in [0.25, 0.3) is 94.7 Å². The minimum atomic E-state index is 1.07. The van der Waals surface area contributed by atoms with E-state index < -0.39 is 0 Å². The number of hydrogen-bond donors (Lipinski definition) is 0. The van der Waals surface area contributed by atoms with E-state index in [-0.39, 0.29) is 0 Å². The Balaban J connectivity index is 0.000000530. The fourth-order valence-corrected chi connectivity index (χ4v) is 9.14. The van der Waals surface area contributed by atoms with Crippen molar-refractivity contribution >= 4 is 61.3 Å². The molecule has 270 valence electrons. The Labute approximate surface area is 331 Å². The predicted molar refractivity (Wildman–Crippen MR) is 247 cm³/mol. The Morgan fingerprint density at radius 1 is 0.571 bits per heavy atom. The fraction of sp³-hybridized carbons (Fsp3) is 0.107. The average molecular weight is 719 g/mol. The Hall–Kier alpha value is -6.50. The molecule has 9 aromatic carbocycles. The molecule has 0 saturated heterocycles. The van der Waals surface area contributed by atoms with Crippen LogP contribution in [0.15, 0.2) is 158 Å². The molecule has 1 aliphatic rings. The number of allylic oxidation sites excluding steroid dienone is 2. The van der Waals surface area contributed by atoms with Crippen molar-refractivity contribution in [1.29, 1.82) is 0 Å². The number of rotatable bonds is 5. The van der Waals surface area contributed by atoms with E-state index >= 15 is 0 Å². The van der Waals surface area contributed by atoms with E-state index in [2.05, 4.69) is 180 Å². The molecule has 10 rings (SSSR count). The number of benzene rings is 9. The van der Waals surface area contributed by atoms with E-state index in [4.69, 9.17) is 0 Å². The van der Waals surface area contributed by atoms with Gasteiger partial charge in [-0.05, 0) is 163 Å². The van der Waals surface area contributed by atoms with E-state index in [9.17, 15) is 0 Å². The molecule has 1 aliphatic carbocycles. The maximum Gasteiger partial charge on any atom is -0.00175 e. The van der Waals surface area contributed by atoms with Crippen LogP contribution in [-0.4, -0.2) is 0 Å². The van der Waals surface area contributed by atoms with Crippen LogP contribution in [0.3, 0.4) is 0 Å². The van der Waals surface area contributed by atoms with Crippen LogP contribution in [0.2, 0.25) is 0 Å². The summed E-state index contributed by atoms with van der Waals surface area (Å²) >= 11 is 0. The number of aryl methyl sites for hydroxylation is 4. The highest BCUT2D eigenvalue weighted by Crippen LogP contribution is 2.47. The lowest BCUT2D eigenvalue weighted by Gasteiger charge is -2.23. The van der Waals surface area contributed by atoms with Crippen LogP contribution in [0.5, 0.6) is 0 Å². The van der Waals surface area contributed by atoms with Crippen molar-refractivity contribution in [3.8, 4) is 33.4 Å². The topological polar surface area (TPSA) is 0 Å². The van der Waals surface area contributed by atoms with Crippen LogP contribution >= 0.6 is 0 Å². The standard InChI is InChI=1S/C49H38.C7H8/c1-5-13-41-32(6-2)27-35-16-9-10-18-42(35)47(41)38-24-25-39(30(3)26-38)46-31(4)40-19-12-20-43-45(29-37-17-11-21-44(46)48(37)49(40)43)36-23-22-33-14-7-8-15-34(33)28-36;1-7-5-3-2-4-6-7/h5-8,10-15,17-29H,2,9,16H2,1,3-4H3;2-6H,1H3/b13-5-;. The third-order valence-corrected chi connectivity index (χ3v) is 11.8. The van der Waals surface area contributed by atoms with Crippen LogP contribution in [-0.2, 0) is 6.42 Å². The minimum Gasteiger partial charge on any atom is -0.0984 e. The van der Waals surface area contributed by atoms with Crippen molar-refractivity contribution in [2.45, 2.75) is 40.5 Å². The monoisotopic (exact) mass is 718 g/mol. The zero-order chi connectivity index (χ0) is 38.3. The number of hydrogen-bond acceptors (Lipinski definition) is 0. The van der Waals surface area contributed by atoms with Gasteiger partial charge in [0.2, 0.25) is 0 Å². The van der Waals surface area contributed by atoms with Crippen molar-refractivity contribution in [1.82, 2.24) is 0 Å². The smallest absolute Gasteiger partial charge is 0.00175 e. The van der Waals surface area contributed by atoms with Gasteiger partial charge in [-0.1, -0.05) is 170 Å². The predicted octanol–water partition coefficient (Wildman–Crippen LogP) is 16.0. The molecule has 0 atom stereocenters. The lowest BCUT2D eigenvalue weighted by atomic mass is 9.81. The summed E-state index contributed by atoms with van der Waals surface area (Å²) in [5.41, 5.74) is 16.9. The van der Waals surface area contributed by atoms with Gasteiger partial charge in [-0.15, -0.1) is 0 Å². The van der Waals surface area contributed by atoms with Crippen molar-refractivity contribution in [2.24, 2.45) is 0 Å². The molecule has 0 N–H and O–H groups in total. The summed E-state index contributed by atoms with van der Waals surface area (Å²) < 4.78 is 0. The molecule has 0 heteroatoms. The van der Waals surface area contributed by atoms with Crippen LogP contribution in [0.4, 0.5) is 0 Å². The SMILES string of the molecule is C=Cc1cc2c(c(-c3ccc(-c4c(C)c5cccc6c(-c7ccc8ccccc8c7)cc7cccc4c7c65)c(C)c3)c1/C=C\C)C=CCC2.Cc1ccccc1. The average Bonchev–Trinajstić information content (AvgIpc) is 3.23. The molecule has 0 heterocycles. The molecule has 0 saturated carbocycles. The largest absolute Gasteiger partial charge is 0.0984 e. The maximum absolute atomic E-state index is 4.19. The van der Waals surface area contributed by atoms with E-state index in [1.165, 1.54) is 115 Å². The molecule has 0 nitrogen and oxygen atoms in total. The highest BCUT2D eigenvalue weighted by Gasteiger charge is 2.22. The van der Waals surface area contributed by atoms with Gasteiger partial charge in [-0.25, -0.2) is 0 Å². The molecule has 0 aliphatic heterocycles. The van der Waals surface area contributed by atoms with Crippen molar-refractivity contribution in [2.75, 3.05) is 0 Å². The second kappa shape index (κ2) is 14.6. The molecule has 0 radical (unpaired) electrons. The van der Waals surface area contributed by atoms with Gasteiger partial charge < -0.3 is 0 Å². The van der Waals surface area contributed by atoms with Crippen molar-refractivity contribution in [3.63, 3.8) is 0 Å². The Bertz CT molecular complexity index is 3010. The molecule has 0 bridgehead atoms. The number of fused-ring (bicyclic) bond motifs is 2. The van der Waals surface area contributed by atoms with Gasteiger partial charge in [0.15, 0.2) is 0 Å². The summed E-state index contributed by atoms with van der Waals surface area (Å²) in [5, 5.41) is 10.5. The van der Waals surface area contributed by atoms with Gasteiger partial charge in [0, 0.05) is 0 Å². The zero-order valence-electron chi connectivity index (χ0n) is 32.8. The maximum atomic E-state index is 4.19. The van der Waals surface area contributed by atoms with Gasteiger partial charge in [-0.3, -0.25) is 0 Å². The van der Waals surface area contributed by atoms with Crippen LogP contribution in [0, 0.1) is 20.8 Å². The molecule has 9 aromatic rings. The van der Waals surface area contributed by atoms with Gasteiger partial charge in [0.1, 0.15) is 0 Å². The van der Waals surface area contributed by atoms with Crippen LogP contribution in [0.1, 0.15) is 52.3 Å². The molecule has 0 fully saturated rings. The van der Waals surface area contributed by atoms with E-state index in [0.29, 0.717) is 0 Å². The normalized spacial score (nSPS) is 12.4.